The molecule has 1 N–H and O–H groups in total. The van der Waals surface area contributed by atoms with Crippen LogP contribution in [0.25, 0.3) is 11.9 Å². The number of hydrogen-bond acceptors (Lipinski definition) is 5. The van der Waals surface area contributed by atoms with E-state index in [0.717, 1.165) is 46.5 Å². The highest BCUT2D eigenvalue weighted by Crippen LogP contribution is 2.31. The summed E-state index contributed by atoms with van der Waals surface area (Å²) in [6.45, 7) is 5.92. The topological polar surface area (TPSA) is 72.4 Å². The third-order valence-corrected chi connectivity index (χ3v) is 5.80. The standard InChI is InChI=1S/C19H22N4O2S/c1-11-8-14(13(3)23(11)17-9-12(2)25-22-17)10-16-18(24)21-19(26-16)20-15-6-4-5-7-15/h8-10,15H,4-7H2,1-3H3,(H,20,21,24). The number of aliphatic imine (C=N–C) groups is 1. The lowest BCUT2D eigenvalue weighted by Crippen LogP contribution is -2.21. The predicted molar refractivity (Wildman–Crippen MR) is 103 cm³/mol. The quantitative estimate of drug-likeness (QED) is 0.832. The maximum Gasteiger partial charge on any atom is 0.264 e. The van der Waals surface area contributed by atoms with Crippen LogP contribution in [-0.4, -0.2) is 26.8 Å². The summed E-state index contributed by atoms with van der Waals surface area (Å²) in [6, 6.07) is 4.32. The van der Waals surface area contributed by atoms with Gasteiger partial charge in [-0.05, 0) is 63.1 Å². The minimum absolute atomic E-state index is 0.0752. The zero-order valence-electron chi connectivity index (χ0n) is 15.2. The molecule has 6 nitrogen and oxygen atoms in total. The second kappa shape index (κ2) is 6.79. The molecule has 1 aliphatic carbocycles. The second-order valence-electron chi connectivity index (χ2n) is 6.89. The lowest BCUT2D eigenvalue weighted by Gasteiger charge is -2.04. The molecule has 2 aromatic rings. The van der Waals surface area contributed by atoms with Crippen molar-refractivity contribution in [3.05, 3.63) is 39.7 Å². The molecule has 1 saturated heterocycles. The number of thioether (sulfide) groups is 1. The van der Waals surface area contributed by atoms with Gasteiger partial charge in [-0.3, -0.25) is 14.4 Å². The average Bonchev–Trinajstić information content (AvgIpc) is 3.34. The summed E-state index contributed by atoms with van der Waals surface area (Å²) in [6.07, 6.45) is 6.64. The maximum absolute atomic E-state index is 12.3. The summed E-state index contributed by atoms with van der Waals surface area (Å²) in [5, 5.41) is 7.73. The van der Waals surface area contributed by atoms with Crippen molar-refractivity contribution in [3.8, 4) is 5.82 Å². The molecule has 0 bridgehead atoms. The van der Waals surface area contributed by atoms with Crippen molar-refractivity contribution >= 4 is 28.9 Å². The van der Waals surface area contributed by atoms with Crippen LogP contribution in [0.4, 0.5) is 0 Å². The summed E-state index contributed by atoms with van der Waals surface area (Å²) in [7, 11) is 0. The molecular formula is C19H22N4O2S. The van der Waals surface area contributed by atoms with E-state index < -0.39 is 0 Å². The Hall–Kier alpha value is -2.28. The number of amides is 1. The number of amidine groups is 1. The third-order valence-electron chi connectivity index (χ3n) is 4.88. The van der Waals surface area contributed by atoms with Crippen LogP contribution in [-0.2, 0) is 4.79 Å². The van der Waals surface area contributed by atoms with Crippen LogP contribution >= 0.6 is 11.8 Å². The van der Waals surface area contributed by atoms with Crippen molar-refractivity contribution in [1.29, 1.82) is 0 Å². The van der Waals surface area contributed by atoms with E-state index in [-0.39, 0.29) is 5.91 Å². The van der Waals surface area contributed by atoms with Crippen LogP contribution in [0.1, 0.15) is 48.4 Å². The molecule has 0 spiro atoms. The smallest absolute Gasteiger partial charge is 0.264 e. The van der Waals surface area contributed by atoms with Crippen molar-refractivity contribution in [2.75, 3.05) is 0 Å². The molecule has 2 aromatic heterocycles. The van der Waals surface area contributed by atoms with Crippen LogP contribution in [0.5, 0.6) is 0 Å². The van der Waals surface area contributed by atoms with E-state index in [2.05, 4.69) is 16.5 Å². The zero-order chi connectivity index (χ0) is 18.3. The molecule has 1 aliphatic heterocycles. The Labute approximate surface area is 156 Å². The summed E-state index contributed by atoms with van der Waals surface area (Å²) in [4.78, 5) is 17.7. The Balaban J connectivity index is 1.61. The van der Waals surface area contributed by atoms with Gasteiger partial charge in [0.2, 0.25) is 0 Å². The fourth-order valence-corrected chi connectivity index (χ4v) is 4.46. The Bertz CT molecular complexity index is 916. The molecule has 1 amide bonds. The molecule has 0 aromatic carbocycles. The lowest BCUT2D eigenvalue weighted by molar-refractivity contribution is -0.115. The largest absolute Gasteiger partial charge is 0.360 e. The summed E-state index contributed by atoms with van der Waals surface area (Å²) in [5.41, 5.74) is 3.08. The van der Waals surface area contributed by atoms with E-state index in [1.807, 2.05) is 37.5 Å². The van der Waals surface area contributed by atoms with Gasteiger partial charge >= 0.3 is 0 Å². The van der Waals surface area contributed by atoms with Gasteiger partial charge in [0.25, 0.3) is 5.91 Å². The molecule has 26 heavy (non-hydrogen) atoms. The van der Waals surface area contributed by atoms with Crippen molar-refractivity contribution in [2.24, 2.45) is 4.99 Å². The molecule has 7 heteroatoms. The van der Waals surface area contributed by atoms with Crippen molar-refractivity contribution < 1.29 is 9.32 Å². The van der Waals surface area contributed by atoms with Crippen LogP contribution in [0.3, 0.4) is 0 Å². The number of carbonyl (C=O) groups excluding carboxylic acids is 1. The third kappa shape index (κ3) is 3.23. The average molecular weight is 370 g/mol. The highest BCUT2D eigenvalue weighted by atomic mass is 32.2. The van der Waals surface area contributed by atoms with Crippen molar-refractivity contribution in [2.45, 2.75) is 52.5 Å². The molecule has 4 rings (SSSR count). The number of nitrogens with zero attached hydrogens (tertiary/aromatic N) is 3. The van der Waals surface area contributed by atoms with Crippen molar-refractivity contribution in [3.63, 3.8) is 0 Å². The summed E-state index contributed by atoms with van der Waals surface area (Å²) >= 11 is 1.43. The van der Waals surface area contributed by atoms with Gasteiger partial charge in [0.15, 0.2) is 11.0 Å². The number of carbonyl (C=O) groups is 1. The molecular weight excluding hydrogens is 348 g/mol. The lowest BCUT2D eigenvalue weighted by atomic mass is 10.2. The van der Waals surface area contributed by atoms with Crippen LogP contribution in [0, 0.1) is 20.8 Å². The van der Waals surface area contributed by atoms with Gasteiger partial charge < -0.3 is 9.84 Å². The van der Waals surface area contributed by atoms with Gasteiger partial charge in [-0.15, -0.1) is 0 Å². The second-order valence-corrected chi connectivity index (χ2v) is 7.93. The molecule has 2 aliphatic rings. The number of rotatable bonds is 3. The molecule has 136 valence electrons. The summed E-state index contributed by atoms with van der Waals surface area (Å²) < 4.78 is 7.23. The van der Waals surface area contributed by atoms with Gasteiger partial charge in [-0.2, -0.15) is 0 Å². The van der Waals surface area contributed by atoms with Gasteiger partial charge in [-0.25, -0.2) is 0 Å². The first-order valence-corrected chi connectivity index (χ1v) is 9.74. The van der Waals surface area contributed by atoms with Crippen molar-refractivity contribution in [1.82, 2.24) is 15.0 Å². The predicted octanol–water partition coefficient (Wildman–Crippen LogP) is 3.89. The molecule has 3 heterocycles. The van der Waals surface area contributed by atoms with E-state index in [1.165, 1.54) is 24.6 Å². The zero-order valence-corrected chi connectivity index (χ0v) is 16.0. The number of aryl methyl sites for hydroxylation is 2. The highest BCUT2D eigenvalue weighted by Gasteiger charge is 2.26. The van der Waals surface area contributed by atoms with Crippen LogP contribution < -0.4 is 5.32 Å². The van der Waals surface area contributed by atoms with Gasteiger partial charge in [0.05, 0.1) is 10.9 Å². The van der Waals surface area contributed by atoms with E-state index in [4.69, 9.17) is 9.52 Å². The first-order valence-electron chi connectivity index (χ1n) is 8.92. The van der Waals surface area contributed by atoms with E-state index in [0.29, 0.717) is 10.9 Å². The highest BCUT2D eigenvalue weighted by molar-refractivity contribution is 8.18. The van der Waals surface area contributed by atoms with Crippen LogP contribution in [0.2, 0.25) is 0 Å². The van der Waals surface area contributed by atoms with E-state index >= 15 is 0 Å². The van der Waals surface area contributed by atoms with Crippen LogP contribution in [0.15, 0.2) is 26.6 Å². The Morgan fingerprint density at radius 3 is 2.77 bits per heavy atom. The maximum atomic E-state index is 12.3. The molecule has 2 fully saturated rings. The Kier molecular flexibility index (Phi) is 4.48. The van der Waals surface area contributed by atoms with Gasteiger partial charge in [0, 0.05) is 17.5 Å². The number of aromatic nitrogens is 2. The fraction of sp³-hybridized carbons (Fsp3) is 0.421. The van der Waals surface area contributed by atoms with E-state index in [9.17, 15) is 4.79 Å². The molecule has 0 atom stereocenters. The number of nitrogens with one attached hydrogen (secondary N) is 1. The molecule has 1 saturated carbocycles. The van der Waals surface area contributed by atoms with Gasteiger partial charge in [0.1, 0.15) is 5.76 Å². The Morgan fingerprint density at radius 1 is 1.31 bits per heavy atom. The first kappa shape index (κ1) is 17.1. The Morgan fingerprint density at radius 2 is 2.08 bits per heavy atom. The SMILES string of the molecule is Cc1cc(-n2c(C)cc(C=C3SC(=NC4CCCC4)NC3=O)c2C)no1. The molecule has 0 radical (unpaired) electrons. The molecule has 0 unspecified atom stereocenters. The first-order chi connectivity index (χ1) is 12.5. The number of hydrogen-bond donors (Lipinski definition) is 1. The normalized spacial score (nSPS) is 21.3. The fourth-order valence-electron chi connectivity index (χ4n) is 3.57. The van der Waals surface area contributed by atoms with E-state index in [1.54, 1.807) is 0 Å². The summed E-state index contributed by atoms with van der Waals surface area (Å²) in [5.74, 6) is 1.45. The minimum atomic E-state index is -0.0752. The van der Waals surface area contributed by atoms with Gasteiger partial charge in [-0.1, -0.05) is 18.0 Å². The monoisotopic (exact) mass is 370 g/mol. The minimum Gasteiger partial charge on any atom is -0.360 e.